The van der Waals surface area contributed by atoms with Crippen LogP contribution in [0.15, 0.2) is 36.5 Å². The molecule has 1 saturated heterocycles. The molecular formula is C15H18N2O2S. The first-order valence-corrected chi connectivity index (χ1v) is 8.63. The fourth-order valence-electron chi connectivity index (χ4n) is 2.77. The number of aromatic nitrogens is 1. The Hall–Kier alpha value is -1.46. The molecule has 1 fully saturated rings. The van der Waals surface area contributed by atoms with Gasteiger partial charge in [0.2, 0.25) is 0 Å². The minimum absolute atomic E-state index is 0.217. The second-order valence-corrected chi connectivity index (χ2v) is 7.66. The molecule has 0 amide bonds. The van der Waals surface area contributed by atoms with Crippen molar-refractivity contribution in [2.75, 3.05) is 12.3 Å². The van der Waals surface area contributed by atoms with Gasteiger partial charge in [0.05, 0.1) is 16.5 Å². The van der Waals surface area contributed by atoms with Crippen LogP contribution in [-0.2, 0) is 16.4 Å². The van der Waals surface area contributed by atoms with E-state index in [1.54, 1.807) is 6.20 Å². The molecule has 2 heterocycles. The van der Waals surface area contributed by atoms with Crippen LogP contribution < -0.4 is 5.32 Å². The molecular weight excluding hydrogens is 272 g/mol. The molecule has 1 aliphatic heterocycles. The molecule has 4 nitrogen and oxygen atoms in total. The van der Waals surface area contributed by atoms with E-state index in [9.17, 15) is 8.42 Å². The zero-order valence-electron chi connectivity index (χ0n) is 11.2. The summed E-state index contributed by atoms with van der Waals surface area (Å²) in [4.78, 5) is 4.40. The van der Waals surface area contributed by atoms with Crippen LogP contribution >= 0.6 is 0 Å². The highest BCUT2D eigenvalue weighted by Gasteiger charge is 2.30. The lowest BCUT2D eigenvalue weighted by Crippen LogP contribution is -2.30. The van der Waals surface area contributed by atoms with E-state index in [4.69, 9.17) is 0 Å². The van der Waals surface area contributed by atoms with Crippen molar-refractivity contribution in [3.05, 3.63) is 42.1 Å². The Morgan fingerprint density at radius 2 is 2.10 bits per heavy atom. The zero-order valence-corrected chi connectivity index (χ0v) is 12.1. The molecule has 0 bridgehead atoms. The summed E-state index contributed by atoms with van der Waals surface area (Å²) in [5.41, 5.74) is 2.09. The van der Waals surface area contributed by atoms with Crippen molar-refractivity contribution < 1.29 is 8.42 Å². The Kier molecular flexibility index (Phi) is 3.72. The number of sulfone groups is 1. The first-order chi connectivity index (χ1) is 9.67. The number of benzene rings is 1. The van der Waals surface area contributed by atoms with E-state index in [0.717, 1.165) is 29.3 Å². The average molecular weight is 290 g/mol. The molecule has 0 unspecified atom stereocenters. The summed E-state index contributed by atoms with van der Waals surface area (Å²) in [7, 11) is -2.86. The number of rotatable bonds is 4. The van der Waals surface area contributed by atoms with Gasteiger partial charge in [-0.2, -0.15) is 0 Å². The van der Waals surface area contributed by atoms with Crippen molar-refractivity contribution in [1.29, 1.82) is 0 Å². The van der Waals surface area contributed by atoms with E-state index in [1.807, 2.05) is 30.3 Å². The molecule has 1 N–H and O–H groups in total. The van der Waals surface area contributed by atoms with E-state index in [-0.39, 0.29) is 5.25 Å². The van der Waals surface area contributed by atoms with Crippen LogP contribution in [0.4, 0.5) is 0 Å². The SMILES string of the molecule is O=S1(=O)CCC[C@H]1CNCc1cccc2cccnc12. The lowest BCUT2D eigenvalue weighted by atomic mass is 10.1. The monoisotopic (exact) mass is 290 g/mol. The molecule has 1 aromatic carbocycles. The van der Waals surface area contributed by atoms with Crippen LogP contribution in [0.25, 0.3) is 10.9 Å². The first kappa shape index (κ1) is 13.5. The van der Waals surface area contributed by atoms with Crippen molar-refractivity contribution in [3.8, 4) is 0 Å². The topological polar surface area (TPSA) is 59.1 Å². The summed E-state index contributed by atoms with van der Waals surface area (Å²) in [5, 5.41) is 4.17. The van der Waals surface area contributed by atoms with E-state index in [2.05, 4.69) is 10.3 Å². The van der Waals surface area contributed by atoms with Gasteiger partial charge in [-0.15, -0.1) is 0 Å². The minimum atomic E-state index is -2.86. The highest BCUT2D eigenvalue weighted by atomic mass is 32.2. The molecule has 1 atom stereocenters. The number of nitrogens with zero attached hydrogens (tertiary/aromatic N) is 1. The number of pyridine rings is 1. The smallest absolute Gasteiger partial charge is 0.154 e. The largest absolute Gasteiger partial charge is 0.311 e. The number of nitrogens with one attached hydrogen (secondary N) is 1. The maximum atomic E-state index is 11.8. The lowest BCUT2D eigenvalue weighted by molar-refractivity contribution is 0.574. The Morgan fingerprint density at radius 3 is 2.90 bits per heavy atom. The third-order valence-electron chi connectivity index (χ3n) is 3.87. The van der Waals surface area contributed by atoms with Crippen molar-refractivity contribution in [1.82, 2.24) is 10.3 Å². The van der Waals surface area contributed by atoms with Gasteiger partial charge < -0.3 is 5.32 Å². The molecule has 1 aromatic heterocycles. The molecule has 5 heteroatoms. The standard InChI is InChI=1S/C15H18N2O2S/c18-20(19)9-3-7-14(20)11-16-10-13-5-1-4-12-6-2-8-17-15(12)13/h1-2,4-6,8,14,16H,3,7,9-11H2/t14-/m0/s1. The van der Waals surface area contributed by atoms with Gasteiger partial charge in [-0.05, 0) is 24.5 Å². The van der Waals surface area contributed by atoms with Crippen LogP contribution in [-0.4, -0.2) is 30.9 Å². The number of para-hydroxylation sites is 1. The quantitative estimate of drug-likeness (QED) is 0.934. The van der Waals surface area contributed by atoms with Crippen LogP contribution in [0.3, 0.4) is 0 Å². The van der Waals surface area contributed by atoms with E-state index >= 15 is 0 Å². The fourth-order valence-corrected chi connectivity index (χ4v) is 4.57. The molecule has 106 valence electrons. The average Bonchev–Trinajstić information content (AvgIpc) is 2.78. The van der Waals surface area contributed by atoms with Crippen LogP contribution in [0.1, 0.15) is 18.4 Å². The van der Waals surface area contributed by atoms with Gasteiger partial charge in [0.25, 0.3) is 0 Å². The number of hydrogen-bond donors (Lipinski definition) is 1. The zero-order chi connectivity index (χ0) is 14.0. The third kappa shape index (κ3) is 2.69. The van der Waals surface area contributed by atoms with Crippen LogP contribution in [0.2, 0.25) is 0 Å². The predicted molar refractivity (Wildman–Crippen MR) is 80.3 cm³/mol. The summed E-state index contributed by atoms with van der Waals surface area (Å²) < 4.78 is 23.5. The molecule has 3 rings (SSSR count). The lowest BCUT2D eigenvalue weighted by Gasteiger charge is -2.11. The number of fused-ring (bicyclic) bond motifs is 1. The van der Waals surface area contributed by atoms with Gasteiger partial charge in [-0.3, -0.25) is 4.98 Å². The van der Waals surface area contributed by atoms with Crippen molar-refractivity contribution in [2.45, 2.75) is 24.6 Å². The highest BCUT2D eigenvalue weighted by Crippen LogP contribution is 2.20. The summed E-state index contributed by atoms with van der Waals surface area (Å²) in [6.07, 6.45) is 3.36. The van der Waals surface area contributed by atoms with Gasteiger partial charge in [-0.25, -0.2) is 8.42 Å². The molecule has 20 heavy (non-hydrogen) atoms. The maximum Gasteiger partial charge on any atom is 0.154 e. The molecule has 2 aromatic rings. The van der Waals surface area contributed by atoms with Gasteiger partial charge in [0.15, 0.2) is 9.84 Å². The van der Waals surface area contributed by atoms with Gasteiger partial charge in [-0.1, -0.05) is 24.3 Å². The second kappa shape index (κ2) is 5.50. The normalized spacial score (nSPS) is 21.3. The molecule has 0 radical (unpaired) electrons. The third-order valence-corrected chi connectivity index (χ3v) is 6.14. The van der Waals surface area contributed by atoms with Gasteiger partial charge in [0.1, 0.15) is 0 Å². The predicted octanol–water partition coefficient (Wildman–Crippen LogP) is 1.90. The van der Waals surface area contributed by atoms with Gasteiger partial charge >= 0.3 is 0 Å². The Labute approximate surface area is 119 Å². The summed E-state index contributed by atoms with van der Waals surface area (Å²) in [5.74, 6) is 0.342. The molecule has 0 spiro atoms. The van der Waals surface area contributed by atoms with E-state index in [0.29, 0.717) is 18.8 Å². The van der Waals surface area contributed by atoms with E-state index in [1.165, 1.54) is 0 Å². The maximum absolute atomic E-state index is 11.8. The summed E-state index contributed by atoms with van der Waals surface area (Å²) in [6.45, 7) is 1.19. The van der Waals surface area contributed by atoms with Crippen LogP contribution in [0.5, 0.6) is 0 Å². The van der Waals surface area contributed by atoms with E-state index < -0.39 is 9.84 Å². The minimum Gasteiger partial charge on any atom is -0.311 e. The number of hydrogen-bond acceptors (Lipinski definition) is 4. The Balaban J connectivity index is 1.69. The highest BCUT2D eigenvalue weighted by molar-refractivity contribution is 7.92. The van der Waals surface area contributed by atoms with Gasteiger partial charge in [0, 0.05) is 24.7 Å². The fraction of sp³-hybridized carbons (Fsp3) is 0.400. The van der Waals surface area contributed by atoms with Crippen LogP contribution in [0, 0.1) is 0 Å². The Bertz CT molecular complexity index is 707. The molecule has 0 aliphatic carbocycles. The Morgan fingerprint density at radius 1 is 1.25 bits per heavy atom. The molecule has 0 saturated carbocycles. The molecule has 1 aliphatic rings. The van der Waals surface area contributed by atoms with Crippen molar-refractivity contribution in [2.24, 2.45) is 0 Å². The summed E-state index contributed by atoms with van der Waals surface area (Å²) in [6, 6.07) is 10.0. The second-order valence-electron chi connectivity index (χ2n) is 5.25. The van der Waals surface area contributed by atoms with Crippen molar-refractivity contribution in [3.63, 3.8) is 0 Å². The first-order valence-electron chi connectivity index (χ1n) is 6.92. The van der Waals surface area contributed by atoms with Crippen molar-refractivity contribution >= 4 is 20.7 Å². The summed E-state index contributed by atoms with van der Waals surface area (Å²) >= 11 is 0.